The van der Waals surface area contributed by atoms with Crippen LogP contribution in [0, 0.1) is 0 Å². The summed E-state index contributed by atoms with van der Waals surface area (Å²) in [6, 6.07) is 39.1. The van der Waals surface area contributed by atoms with Crippen molar-refractivity contribution in [2.45, 2.75) is 19.3 Å². The molecule has 8 aromatic carbocycles. The van der Waals surface area contributed by atoms with Crippen LogP contribution in [0.5, 0.6) is 0 Å². The standard InChI is InChI=1S/C43H30/c1-43(2)38-19-11-10-16-33(38)37-25-29-20-21-30(24-31(29)26-39(37)43)40-34-17-8-9-18-35(34)41(28-13-4-3-5-14-28)42-32-15-7-6-12-27(32)22-23-36(40)42/h3-26H,1-2H3/i3D,4D,5D,13D,14D. The van der Waals surface area contributed by atoms with Crippen molar-refractivity contribution in [1.29, 1.82) is 0 Å². The highest BCUT2D eigenvalue weighted by Gasteiger charge is 2.35. The van der Waals surface area contributed by atoms with E-state index in [1.807, 2.05) is 30.3 Å². The van der Waals surface area contributed by atoms with E-state index in [1.54, 1.807) is 0 Å². The fourth-order valence-electron chi connectivity index (χ4n) is 7.49. The molecule has 0 unspecified atom stereocenters. The highest BCUT2D eigenvalue weighted by molar-refractivity contribution is 6.28. The largest absolute Gasteiger partial charge is 0.0629 e. The molecule has 0 aromatic heterocycles. The molecule has 0 spiro atoms. The molecule has 9 rings (SSSR count). The summed E-state index contributed by atoms with van der Waals surface area (Å²) in [6.07, 6.45) is 0. The molecule has 43 heavy (non-hydrogen) atoms. The Bertz CT molecular complexity index is 2670. The van der Waals surface area contributed by atoms with Crippen molar-refractivity contribution in [2.75, 3.05) is 0 Å². The van der Waals surface area contributed by atoms with Crippen LogP contribution in [0.1, 0.15) is 31.8 Å². The van der Waals surface area contributed by atoms with Gasteiger partial charge in [-0.2, -0.15) is 0 Å². The average molecular weight is 552 g/mol. The van der Waals surface area contributed by atoms with Crippen LogP contribution in [0.2, 0.25) is 0 Å². The van der Waals surface area contributed by atoms with Crippen LogP contribution >= 0.6 is 0 Å². The molecule has 0 atom stereocenters. The van der Waals surface area contributed by atoms with Gasteiger partial charge in [-0.25, -0.2) is 0 Å². The van der Waals surface area contributed by atoms with Gasteiger partial charge in [-0.15, -0.1) is 0 Å². The van der Waals surface area contributed by atoms with Crippen LogP contribution in [0.25, 0.3) is 76.5 Å². The van der Waals surface area contributed by atoms with Gasteiger partial charge in [0.2, 0.25) is 0 Å². The van der Waals surface area contributed by atoms with Crippen molar-refractivity contribution in [1.82, 2.24) is 0 Å². The van der Waals surface area contributed by atoms with Crippen LogP contribution in [0.15, 0.2) is 145 Å². The molecule has 0 saturated heterocycles. The van der Waals surface area contributed by atoms with E-state index in [9.17, 15) is 0 Å². The fourth-order valence-corrected chi connectivity index (χ4v) is 7.49. The number of rotatable bonds is 2. The molecule has 8 aromatic rings. The average Bonchev–Trinajstić information content (AvgIpc) is 3.33. The molecule has 202 valence electrons. The van der Waals surface area contributed by atoms with E-state index in [2.05, 4.69) is 98.8 Å². The van der Waals surface area contributed by atoms with E-state index in [4.69, 9.17) is 6.85 Å². The van der Waals surface area contributed by atoms with Crippen LogP contribution in [0.3, 0.4) is 0 Å². The fraction of sp³-hybridized carbons (Fsp3) is 0.0698. The minimum Gasteiger partial charge on any atom is -0.0622 e. The summed E-state index contributed by atoms with van der Waals surface area (Å²) in [4.78, 5) is 0. The zero-order valence-corrected chi connectivity index (χ0v) is 24.0. The first-order chi connectivity index (χ1) is 23.2. The van der Waals surface area contributed by atoms with Crippen LogP contribution in [-0.2, 0) is 5.41 Å². The van der Waals surface area contributed by atoms with E-state index in [1.165, 1.54) is 33.0 Å². The van der Waals surface area contributed by atoms with Gasteiger partial charge < -0.3 is 0 Å². The number of fused-ring (bicyclic) bond motifs is 8. The van der Waals surface area contributed by atoms with E-state index < -0.39 is 6.04 Å². The van der Waals surface area contributed by atoms with Crippen molar-refractivity contribution in [3.63, 3.8) is 0 Å². The maximum atomic E-state index is 9.01. The number of hydrogen-bond acceptors (Lipinski definition) is 0. The van der Waals surface area contributed by atoms with Crippen molar-refractivity contribution in [3.8, 4) is 33.4 Å². The summed E-state index contributed by atoms with van der Waals surface area (Å²) in [5.74, 6) is 0. The Morgan fingerprint density at radius 1 is 0.465 bits per heavy atom. The van der Waals surface area contributed by atoms with Crippen molar-refractivity contribution in [2.24, 2.45) is 0 Å². The van der Waals surface area contributed by atoms with E-state index in [0.29, 0.717) is 5.56 Å². The Labute approximate surface area is 258 Å². The number of benzene rings is 8. The molecule has 0 fully saturated rings. The van der Waals surface area contributed by atoms with Crippen molar-refractivity contribution in [3.05, 3.63) is 157 Å². The molecule has 0 bridgehead atoms. The molecular weight excluding hydrogens is 516 g/mol. The highest BCUT2D eigenvalue weighted by Crippen LogP contribution is 2.51. The van der Waals surface area contributed by atoms with Gasteiger partial charge in [-0.1, -0.05) is 141 Å². The summed E-state index contributed by atoms with van der Waals surface area (Å²) >= 11 is 0. The normalized spacial score (nSPS) is 15.2. The smallest absolute Gasteiger partial charge is 0.0622 e. The second-order valence-electron chi connectivity index (χ2n) is 12.1. The Morgan fingerprint density at radius 2 is 1.16 bits per heavy atom. The topological polar surface area (TPSA) is 0 Å². The monoisotopic (exact) mass is 551 g/mol. The predicted octanol–water partition coefficient (Wildman–Crippen LogP) is 11.9. The number of hydrogen-bond donors (Lipinski definition) is 0. The molecule has 0 nitrogen and oxygen atoms in total. The van der Waals surface area contributed by atoms with Gasteiger partial charge in [0.25, 0.3) is 0 Å². The van der Waals surface area contributed by atoms with Gasteiger partial charge in [0, 0.05) is 5.41 Å². The Balaban J connectivity index is 1.41. The molecule has 0 heterocycles. The lowest BCUT2D eigenvalue weighted by molar-refractivity contribution is 0.661. The second-order valence-corrected chi connectivity index (χ2v) is 12.1. The molecule has 0 heteroatoms. The van der Waals surface area contributed by atoms with Crippen molar-refractivity contribution >= 4 is 43.1 Å². The first-order valence-electron chi connectivity index (χ1n) is 17.3. The molecule has 0 aliphatic heterocycles. The first kappa shape index (κ1) is 19.8. The summed E-state index contributed by atoms with van der Waals surface area (Å²) in [5, 5.41) is 8.02. The van der Waals surface area contributed by atoms with Crippen molar-refractivity contribution < 1.29 is 6.85 Å². The maximum Gasteiger partial charge on any atom is 0.0629 e. The third kappa shape index (κ3) is 3.44. The van der Waals surface area contributed by atoms with Gasteiger partial charge >= 0.3 is 0 Å². The SMILES string of the molecule is [2H]c1c([2H])c([2H])c(-c2c3ccccc3c(-c3ccc4cc5c(cc4c3)C(C)(C)c3ccccc3-5)c3ccc4ccccc4c23)c([2H])c1[2H]. The van der Waals surface area contributed by atoms with E-state index >= 15 is 0 Å². The lowest BCUT2D eigenvalue weighted by Gasteiger charge is -2.22. The Kier molecular flexibility index (Phi) is 4.11. The zero-order valence-electron chi connectivity index (χ0n) is 29.0. The molecule has 1 aliphatic rings. The molecule has 0 amide bonds. The van der Waals surface area contributed by atoms with Crippen LogP contribution in [0.4, 0.5) is 0 Å². The molecule has 0 N–H and O–H groups in total. The van der Waals surface area contributed by atoms with E-state index in [0.717, 1.165) is 43.4 Å². The van der Waals surface area contributed by atoms with Crippen LogP contribution in [-0.4, -0.2) is 0 Å². The Morgan fingerprint density at radius 3 is 2.00 bits per heavy atom. The quantitative estimate of drug-likeness (QED) is 0.148. The summed E-state index contributed by atoms with van der Waals surface area (Å²) < 4.78 is 43.4. The van der Waals surface area contributed by atoms with Gasteiger partial charge in [-0.05, 0) is 106 Å². The van der Waals surface area contributed by atoms with Gasteiger partial charge in [0.15, 0.2) is 0 Å². The summed E-state index contributed by atoms with van der Waals surface area (Å²) in [7, 11) is 0. The molecular formula is C43H30. The lowest BCUT2D eigenvalue weighted by atomic mass is 9.81. The first-order valence-corrected chi connectivity index (χ1v) is 14.8. The maximum absolute atomic E-state index is 9.01. The predicted molar refractivity (Wildman–Crippen MR) is 185 cm³/mol. The second kappa shape index (κ2) is 8.90. The molecule has 0 saturated carbocycles. The minimum atomic E-state index is -0.391. The van der Waals surface area contributed by atoms with E-state index in [-0.39, 0.29) is 35.1 Å². The summed E-state index contributed by atoms with van der Waals surface area (Å²) in [5.41, 5.74) is 8.18. The van der Waals surface area contributed by atoms with Gasteiger partial charge in [0.1, 0.15) is 0 Å². The minimum absolute atomic E-state index is 0.111. The Hall–Kier alpha value is -5.20. The molecule has 0 radical (unpaired) electrons. The van der Waals surface area contributed by atoms with Gasteiger partial charge in [0.05, 0.1) is 6.85 Å². The third-order valence-electron chi connectivity index (χ3n) is 9.49. The van der Waals surface area contributed by atoms with Crippen LogP contribution < -0.4 is 0 Å². The lowest BCUT2D eigenvalue weighted by Crippen LogP contribution is -2.14. The zero-order chi connectivity index (χ0) is 33.1. The molecule has 1 aliphatic carbocycles. The van der Waals surface area contributed by atoms with Gasteiger partial charge in [-0.3, -0.25) is 0 Å². The highest BCUT2D eigenvalue weighted by atomic mass is 14.4. The summed E-state index contributed by atoms with van der Waals surface area (Å²) in [6.45, 7) is 4.61. The third-order valence-corrected chi connectivity index (χ3v) is 9.49.